The van der Waals surface area contributed by atoms with Crippen molar-refractivity contribution in [3.8, 4) is 0 Å². The number of hydrogen-bond donors (Lipinski definition) is 1. The zero-order chi connectivity index (χ0) is 12.8. The second kappa shape index (κ2) is 8.37. The molecule has 1 fully saturated rings. The third-order valence-corrected chi connectivity index (χ3v) is 3.27. The largest absolute Gasteiger partial charge is 0.370 e. The molecule has 0 unspecified atom stereocenters. The number of guanidine groups is 1. The van der Waals surface area contributed by atoms with E-state index in [4.69, 9.17) is 5.73 Å². The number of hydrogen-bond acceptors (Lipinski definition) is 2. The van der Waals surface area contributed by atoms with Gasteiger partial charge in [-0.05, 0) is 12.5 Å². The number of nitrogens with zero attached hydrogens (tertiary/aromatic N) is 3. The Balaban J connectivity index is 0.00000180. The van der Waals surface area contributed by atoms with Crippen LogP contribution in [0.15, 0.2) is 35.3 Å². The van der Waals surface area contributed by atoms with Gasteiger partial charge < -0.3 is 10.6 Å². The molecule has 0 radical (unpaired) electrons. The zero-order valence-corrected chi connectivity index (χ0v) is 13.8. The van der Waals surface area contributed by atoms with E-state index in [9.17, 15) is 0 Å². The normalized spacial score (nSPS) is 17.1. The van der Waals surface area contributed by atoms with Crippen LogP contribution in [0.4, 0.5) is 0 Å². The Morgan fingerprint density at radius 3 is 2.37 bits per heavy atom. The molecular formula is C14H23IN4. The maximum Gasteiger partial charge on any atom is 0.191 e. The summed E-state index contributed by atoms with van der Waals surface area (Å²) in [6.45, 7) is 7.85. The van der Waals surface area contributed by atoms with Gasteiger partial charge in [-0.15, -0.1) is 24.0 Å². The van der Waals surface area contributed by atoms with Gasteiger partial charge in [0.2, 0.25) is 0 Å². The van der Waals surface area contributed by atoms with Crippen molar-refractivity contribution in [3.05, 3.63) is 35.9 Å². The summed E-state index contributed by atoms with van der Waals surface area (Å²) in [6.07, 6.45) is 0. The Bertz CT molecular complexity index is 386. The number of nitrogens with two attached hydrogens (primary N) is 1. The monoisotopic (exact) mass is 374 g/mol. The topological polar surface area (TPSA) is 44.9 Å². The maximum absolute atomic E-state index is 5.91. The van der Waals surface area contributed by atoms with Crippen molar-refractivity contribution in [2.75, 3.05) is 32.7 Å². The van der Waals surface area contributed by atoms with Gasteiger partial charge in [-0.25, -0.2) is 0 Å². The van der Waals surface area contributed by atoms with E-state index in [-0.39, 0.29) is 24.0 Å². The number of halogens is 1. The van der Waals surface area contributed by atoms with Crippen molar-refractivity contribution in [1.82, 2.24) is 9.80 Å². The van der Waals surface area contributed by atoms with Gasteiger partial charge in [-0.1, -0.05) is 30.3 Å². The molecule has 1 aromatic carbocycles. The van der Waals surface area contributed by atoms with Crippen LogP contribution in [0.5, 0.6) is 0 Å². The molecule has 0 atom stereocenters. The van der Waals surface area contributed by atoms with Gasteiger partial charge in [0.25, 0.3) is 0 Å². The van der Waals surface area contributed by atoms with Gasteiger partial charge in [0.05, 0.1) is 0 Å². The predicted molar refractivity (Wildman–Crippen MR) is 90.9 cm³/mol. The SMILES string of the molecule is CCN=C(N)N1CCN(Cc2ccccc2)CC1.I. The standard InChI is InChI=1S/C14H22N4.HI/c1-2-16-14(15)18-10-8-17(9-11-18)12-13-6-4-3-5-7-13;/h3-7H,2,8-12H2,1H3,(H2,15,16);1H. The van der Waals surface area contributed by atoms with Crippen LogP contribution in [-0.4, -0.2) is 48.5 Å². The molecule has 0 amide bonds. The van der Waals surface area contributed by atoms with E-state index in [2.05, 4.69) is 45.1 Å². The summed E-state index contributed by atoms with van der Waals surface area (Å²) < 4.78 is 0. The minimum absolute atomic E-state index is 0. The van der Waals surface area contributed by atoms with Crippen molar-refractivity contribution in [3.63, 3.8) is 0 Å². The molecule has 1 aromatic rings. The highest BCUT2D eigenvalue weighted by Crippen LogP contribution is 2.08. The third-order valence-electron chi connectivity index (χ3n) is 3.27. The molecule has 106 valence electrons. The van der Waals surface area contributed by atoms with Crippen LogP contribution in [0.2, 0.25) is 0 Å². The van der Waals surface area contributed by atoms with E-state index in [1.165, 1.54) is 5.56 Å². The highest BCUT2D eigenvalue weighted by atomic mass is 127. The second-order valence-electron chi connectivity index (χ2n) is 4.58. The van der Waals surface area contributed by atoms with Gasteiger partial charge >= 0.3 is 0 Å². The van der Waals surface area contributed by atoms with Crippen molar-refractivity contribution in [2.24, 2.45) is 10.7 Å². The van der Waals surface area contributed by atoms with Crippen LogP contribution >= 0.6 is 24.0 Å². The van der Waals surface area contributed by atoms with Crippen molar-refractivity contribution in [1.29, 1.82) is 0 Å². The van der Waals surface area contributed by atoms with E-state index >= 15 is 0 Å². The summed E-state index contributed by atoms with van der Waals surface area (Å²) >= 11 is 0. The van der Waals surface area contributed by atoms with Crippen LogP contribution in [-0.2, 0) is 6.54 Å². The summed E-state index contributed by atoms with van der Waals surface area (Å²) in [6, 6.07) is 10.6. The molecule has 2 N–H and O–H groups in total. The summed E-state index contributed by atoms with van der Waals surface area (Å²) in [7, 11) is 0. The van der Waals surface area contributed by atoms with E-state index < -0.39 is 0 Å². The molecule has 0 aliphatic carbocycles. The molecule has 0 aromatic heterocycles. The molecule has 1 aliphatic heterocycles. The van der Waals surface area contributed by atoms with Crippen molar-refractivity contribution in [2.45, 2.75) is 13.5 Å². The molecule has 4 nitrogen and oxygen atoms in total. The minimum atomic E-state index is 0. The Labute approximate surface area is 132 Å². The van der Waals surface area contributed by atoms with Gasteiger partial charge in [-0.2, -0.15) is 0 Å². The fraction of sp³-hybridized carbons (Fsp3) is 0.500. The lowest BCUT2D eigenvalue weighted by Crippen LogP contribution is -2.50. The third kappa shape index (κ3) is 4.99. The number of benzene rings is 1. The Kier molecular flexibility index (Phi) is 7.15. The van der Waals surface area contributed by atoms with Crippen LogP contribution in [0.3, 0.4) is 0 Å². The Morgan fingerprint density at radius 1 is 1.16 bits per heavy atom. The van der Waals surface area contributed by atoms with Gasteiger partial charge in [0, 0.05) is 39.3 Å². The number of rotatable bonds is 3. The van der Waals surface area contributed by atoms with E-state index in [1.54, 1.807) is 0 Å². The van der Waals surface area contributed by atoms with Crippen LogP contribution in [0.25, 0.3) is 0 Å². The first-order valence-corrected chi connectivity index (χ1v) is 6.60. The lowest BCUT2D eigenvalue weighted by molar-refractivity contribution is 0.174. The highest BCUT2D eigenvalue weighted by Gasteiger charge is 2.17. The summed E-state index contributed by atoms with van der Waals surface area (Å²) in [5.74, 6) is 0.692. The van der Waals surface area contributed by atoms with Crippen molar-refractivity contribution < 1.29 is 0 Å². The average Bonchev–Trinajstić information content (AvgIpc) is 2.41. The lowest BCUT2D eigenvalue weighted by Gasteiger charge is -2.35. The number of piperazine rings is 1. The molecule has 5 heteroatoms. The molecule has 19 heavy (non-hydrogen) atoms. The molecule has 0 spiro atoms. The lowest BCUT2D eigenvalue weighted by atomic mass is 10.2. The summed E-state index contributed by atoms with van der Waals surface area (Å²) in [5, 5.41) is 0. The van der Waals surface area contributed by atoms with E-state index in [0.717, 1.165) is 39.3 Å². The fourth-order valence-electron chi connectivity index (χ4n) is 2.24. The molecule has 1 saturated heterocycles. The van der Waals surface area contributed by atoms with Crippen LogP contribution in [0, 0.1) is 0 Å². The fourth-order valence-corrected chi connectivity index (χ4v) is 2.24. The predicted octanol–water partition coefficient (Wildman–Crippen LogP) is 1.76. The maximum atomic E-state index is 5.91. The number of aliphatic imine (C=N–C) groups is 1. The van der Waals surface area contributed by atoms with E-state index in [1.807, 2.05) is 6.92 Å². The minimum Gasteiger partial charge on any atom is -0.370 e. The Hall–Kier alpha value is -0.820. The first kappa shape index (κ1) is 16.2. The zero-order valence-electron chi connectivity index (χ0n) is 11.5. The molecule has 0 bridgehead atoms. The first-order valence-electron chi connectivity index (χ1n) is 6.60. The molecular weight excluding hydrogens is 351 g/mol. The van der Waals surface area contributed by atoms with E-state index in [0.29, 0.717) is 5.96 Å². The van der Waals surface area contributed by atoms with Crippen LogP contribution in [0.1, 0.15) is 12.5 Å². The molecule has 1 heterocycles. The molecule has 2 rings (SSSR count). The summed E-state index contributed by atoms with van der Waals surface area (Å²) in [4.78, 5) is 8.89. The first-order chi connectivity index (χ1) is 8.79. The van der Waals surface area contributed by atoms with Gasteiger partial charge in [-0.3, -0.25) is 9.89 Å². The van der Waals surface area contributed by atoms with Crippen LogP contribution < -0.4 is 5.73 Å². The van der Waals surface area contributed by atoms with Gasteiger partial charge in [0.15, 0.2) is 5.96 Å². The summed E-state index contributed by atoms with van der Waals surface area (Å²) in [5.41, 5.74) is 7.29. The molecule has 0 saturated carbocycles. The molecule has 1 aliphatic rings. The highest BCUT2D eigenvalue weighted by molar-refractivity contribution is 14.0. The van der Waals surface area contributed by atoms with Crippen molar-refractivity contribution >= 4 is 29.9 Å². The Morgan fingerprint density at radius 2 is 1.79 bits per heavy atom. The van der Waals surface area contributed by atoms with Gasteiger partial charge in [0.1, 0.15) is 0 Å². The quantitative estimate of drug-likeness (QED) is 0.498. The average molecular weight is 374 g/mol. The second-order valence-corrected chi connectivity index (χ2v) is 4.58. The smallest absolute Gasteiger partial charge is 0.191 e.